The minimum absolute atomic E-state index is 0.0474. The van der Waals surface area contributed by atoms with E-state index >= 15 is 0 Å². The van der Waals surface area contributed by atoms with E-state index in [-0.39, 0.29) is 6.17 Å². The summed E-state index contributed by atoms with van der Waals surface area (Å²) in [6.07, 6.45) is 14.3. The van der Waals surface area contributed by atoms with Crippen LogP contribution in [0.2, 0.25) is 0 Å². The summed E-state index contributed by atoms with van der Waals surface area (Å²) < 4.78 is 12.6. The predicted octanol–water partition coefficient (Wildman–Crippen LogP) is 5.68. The zero-order chi connectivity index (χ0) is 27.8. The number of pyridine rings is 1. The van der Waals surface area contributed by atoms with Crippen molar-refractivity contribution in [3.8, 4) is 0 Å². The average Bonchev–Trinajstić information content (AvgIpc) is 2.91. The van der Waals surface area contributed by atoms with Gasteiger partial charge in [0.05, 0.1) is 17.0 Å². The molecule has 1 aromatic carbocycles. The van der Waals surface area contributed by atoms with Gasteiger partial charge in [-0.25, -0.2) is 4.98 Å². The molecule has 1 fully saturated rings. The Morgan fingerprint density at radius 2 is 1.97 bits per heavy atom. The van der Waals surface area contributed by atoms with Crippen molar-refractivity contribution in [1.29, 1.82) is 0 Å². The summed E-state index contributed by atoms with van der Waals surface area (Å²) in [5.74, 6) is 2.09. The van der Waals surface area contributed by atoms with Gasteiger partial charge in [-0.2, -0.15) is 0 Å². The van der Waals surface area contributed by atoms with E-state index in [0.29, 0.717) is 11.6 Å². The van der Waals surface area contributed by atoms with Crippen molar-refractivity contribution < 1.29 is 4.21 Å². The van der Waals surface area contributed by atoms with E-state index in [9.17, 15) is 4.21 Å². The molecule has 0 spiro atoms. The van der Waals surface area contributed by atoms with E-state index < -0.39 is 10.8 Å². The molecule has 0 radical (unpaired) electrons. The third-order valence-electron chi connectivity index (χ3n) is 8.02. The summed E-state index contributed by atoms with van der Waals surface area (Å²) in [6, 6.07) is 10.2. The largest absolute Gasteiger partial charge is 0.383 e. The van der Waals surface area contributed by atoms with Gasteiger partial charge in [0.25, 0.3) is 0 Å². The number of allylic oxidation sites excluding steroid dienone is 2. The minimum atomic E-state index is -1.01. The van der Waals surface area contributed by atoms with Gasteiger partial charge >= 0.3 is 0 Å². The Morgan fingerprint density at radius 3 is 2.69 bits per heavy atom. The van der Waals surface area contributed by atoms with E-state index in [1.165, 1.54) is 45.2 Å². The molecule has 0 amide bonds. The summed E-state index contributed by atoms with van der Waals surface area (Å²) >= 11 is 0. The molecule has 7 heteroatoms. The van der Waals surface area contributed by atoms with Crippen molar-refractivity contribution in [2.75, 3.05) is 44.7 Å². The number of anilines is 1. The number of hydrogen-bond acceptors (Lipinski definition) is 6. The number of benzene rings is 1. The maximum Gasteiger partial charge on any atom is 0.131 e. The first-order valence-electron chi connectivity index (χ1n) is 14.7. The van der Waals surface area contributed by atoms with E-state index in [2.05, 4.69) is 58.5 Å². The van der Waals surface area contributed by atoms with E-state index in [1.54, 1.807) is 0 Å². The molecule has 2 unspecified atom stereocenters. The lowest BCUT2D eigenvalue weighted by molar-refractivity contribution is 0.209. The normalized spacial score (nSPS) is 18.6. The van der Waals surface area contributed by atoms with Gasteiger partial charge in [0.1, 0.15) is 5.82 Å². The molecule has 0 bridgehead atoms. The van der Waals surface area contributed by atoms with Gasteiger partial charge in [0.15, 0.2) is 0 Å². The standard InChI is InChI=1S/C32H47N5OS/c1-5-16-37(18-14-25-10-7-11-25)17-9-15-34-31-21-28(29-19-24(3)22-35-32(29)33)30(23-36(31)4)26-12-8-13-27(20-26)39(38)6-2/h8,12-13,19-23,25,31,34H,5-7,9-11,14-18H2,1-4H3,(H2,33,35). The Hall–Kier alpha value is -2.48. The number of aryl methyl sites for hydroxylation is 1. The van der Waals surface area contributed by atoms with Crippen LogP contribution in [-0.4, -0.2) is 64.1 Å². The molecule has 4 rings (SSSR count). The average molecular weight is 550 g/mol. The quantitative estimate of drug-likeness (QED) is 0.296. The number of hydrogen-bond donors (Lipinski definition) is 2. The monoisotopic (exact) mass is 549 g/mol. The molecule has 6 nitrogen and oxygen atoms in total. The van der Waals surface area contributed by atoms with Crippen LogP contribution in [0.25, 0.3) is 11.1 Å². The summed E-state index contributed by atoms with van der Waals surface area (Å²) in [4.78, 5) is 10.2. The molecule has 212 valence electrons. The summed E-state index contributed by atoms with van der Waals surface area (Å²) in [5.41, 5.74) is 11.6. The molecule has 1 aliphatic carbocycles. The lowest BCUT2D eigenvalue weighted by Gasteiger charge is -2.33. The Bertz CT molecular complexity index is 1190. The van der Waals surface area contributed by atoms with Gasteiger partial charge in [-0.1, -0.05) is 45.2 Å². The molecule has 2 aliphatic rings. The number of rotatable bonds is 14. The topological polar surface area (TPSA) is 74.5 Å². The number of aromatic nitrogens is 1. The molecule has 1 aromatic heterocycles. The third-order valence-corrected chi connectivity index (χ3v) is 9.33. The van der Waals surface area contributed by atoms with Crippen LogP contribution in [0, 0.1) is 12.8 Å². The van der Waals surface area contributed by atoms with Crippen LogP contribution < -0.4 is 11.1 Å². The fourth-order valence-electron chi connectivity index (χ4n) is 5.50. The van der Waals surface area contributed by atoms with Crippen molar-refractivity contribution in [2.24, 2.45) is 5.92 Å². The molecule has 39 heavy (non-hydrogen) atoms. The molecule has 2 heterocycles. The number of nitrogens with zero attached hydrogens (tertiary/aromatic N) is 3. The van der Waals surface area contributed by atoms with Crippen LogP contribution in [0.15, 0.2) is 53.7 Å². The Kier molecular flexibility index (Phi) is 10.8. The van der Waals surface area contributed by atoms with Crippen molar-refractivity contribution in [3.05, 3.63) is 65.5 Å². The van der Waals surface area contributed by atoms with Crippen molar-refractivity contribution in [1.82, 2.24) is 20.1 Å². The SMILES string of the molecule is CCCN(CCCNC1C=C(c2cc(C)cnc2N)C(c2cccc(S(=O)CC)c2)=CN1C)CCC1CCC1. The van der Waals surface area contributed by atoms with Crippen LogP contribution in [0.3, 0.4) is 0 Å². The molecular weight excluding hydrogens is 502 g/mol. The van der Waals surface area contributed by atoms with Gasteiger partial charge in [-0.3, -0.25) is 9.53 Å². The smallest absolute Gasteiger partial charge is 0.131 e. The molecule has 2 aromatic rings. The first-order chi connectivity index (χ1) is 18.9. The highest BCUT2D eigenvalue weighted by atomic mass is 32.2. The Labute approximate surface area is 238 Å². The lowest BCUT2D eigenvalue weighted by Crippen LogP contribution is -2.42. The molecule has 3 N–H and O–H groups in total. The summed E-state index contributed by atoms with van der Waals surface area (Å²) in [6.45, 7) is 10.8. The first kappa shape index (κ1) is 29.5. The fourth-order valence-corrected chi connectivity index (χ4v) is 6.33. The second-order valence-corrected chi connectivity index (χ2v) is 12.8. The molecule has 1 aliphatic heterocycles. The first-order valence-corrected chi connectivity index (χ1v) is 16.0. The summed E-state index contributed by atoms with van der Waals surface area (Å²) in [7, 11) is 1.10. The van der Waals surface area contributed by atoms with Gasteiger partial charge in [0, 0.05) is 41.2 Å². The fraction of sp³-hybridized carbons (Fsp3) is 0.531. The second-order valence-electron chi connectivity index (χ2n) is 11.1. The van der Waals surface area contributed by atoms with Crippen molar-refractivity contribution in [3.63, 3.8) is 0 Å². The minimum Gasteiger partial charge on any atom is -0.383 e. The molecule has 2 atom stereocenters. The molecular formula is C32H47N5OS. The Morgan fingerprint density at radius 1 is 1.15 bits per heavy atom. The highest BCUT2D eigenvalue weighted by molar-refractivity contribution is 7.85. The zero-order valence-corrected chi connectivity index (χ0v) is 25.1. The van der Waals surface area contributed by atoms with Crippen LogP contribution in [0.1, 0.15) is 69.1 Å². The predicted molar refractivity (Wildman–Crippen MR) is 166 cm³/mol. The highest BCUT2D eigenvalue weighted by Crippen LogP contribution is 2.38. The van der Waals surface area contributed by atoms with Gasteiger partial charge in [0.2, 0.25) is 0 Å². The number of nitrogens with one attached hydrogen (secondary N) is 1. The molecule has 0 saturated heterocycles. The highest BCUT2D eigenvalue weighted by Gasteiger charge is 2.24. The van der Waals surface area contributed by atoms with Crippen molar-refractivity contribution >= 4 is 27.8 Å². The van der Waals surface area contributed by atoms with Crippen LogP contribution in [0.4, 0.5) is 5.82 Å². The van der Waals surface area contributed by atoms with Gasteiger partial charge < -0.3 is 15.5 Å². The maximum atomic E-state index is 12.6. The van der Waals surface area contributed by atoms with E-state index in [0.717, 1.165) is 58.2 Å². The van der Waals surface area contributed by atoms with Crippen molar-refractivity contribution in [2.45, 2.75) is 70.4 Å². The number of likely N-dealkylation sites (N-methyl/N-ethyl adjacent to an activating group) is 1. The zero-order valence-electron chi connectivity index (χ0n) is 24.3. The molecule has 1 saturated carbocycles. The Balaban J connectivity index is 1.50. The van der Waals surface area contributed by atoms with E-state index in [4.69, 9.17) is 5.73 Å². The number of nitrogens with two attached hydrogens (primary N) is 1. The maximum absolute atomic E-state index is 12.6. The number of nitrogen functional groups attached to an aromatic ring is 1. The van der Waals surface area contributed by atoms with Gasteiger partial charge in [-0.15, -0.1) is 0 Å². The van der Waals surface area contributed by atoms with Crippen LogP contribution >= 0.6 is 0 Å². The van der Waals surface area contributed by atoms with Gasteiger partial charge in [-0.05, 0) is 99.3 Å². The van der Waals surface area contributed by atoms with E-state index in [1.807, 2.05) is 38.2 Å². The third kappa shape index (κ3) is 7.80. The summed E-state index contributed by atoms with van der Waals surface area (Å²) in [5, 5.41) is 3.77. The second kappa shape index (κ2) is 14.2. The van der Waals surface area contributed by atoms with Crippen LogP contribution in [-0.2, 0) is 10.8 Å². The van der Waals surface area contributed by atoms with Crippen LogP contribution in [0.5, 0.6) is 0 Å². The lowest BCUT2D eigenvalue weighted by atomic mass is 9.83.